The summed E-state index contributed by atoms with van der Waals surface area (Å²) in [5.74, 6) is 0. The first kappa shape index (κ1) is 35.7. The fourth-order valence-electron chi connectivity index (χ4n) is 9.51. The second-order valence-electron chi connectivity index (χ2n) is 16.0. The van der Waals surface area contributed by atoms with E-state index in [4.69, 9.17) is 4.42 Å². The van der Waals surface area contributed by atoms with Gasteiger partial charge in [-0.25, -0.2) is 0 Å². The quantitative estimate of drug-likeness (QED) is 0.150. The highest BCUT2D eigenvalue weighted by atomic mass is 16.3. The largest absolute Gasteiger partial charge is 0.454 e. The molecule has 12 aromatic rings. The third kappa shape index (κ3) is 6.04. The number of benzene rings is 11. The topological polar surface area (TPSA) is 16.4 Å². The van der Waals surface area contributed by atoms with E-state index < -0.39 is 0 Å². The number of rotatable bonds is 7. The summed E-state index contributed by atoms with van der Waals surface area (Å²) in [5, 5.41) is 9.66. The van der Waals surface area contributed by atoms with Gasteiger partial charge in [-0.05, 0) is 125 Å². The van der Waals surface area contributed by atoms with Crippen molar-refractivity contribution in [2.75, 3.05) is 4.90 Å². The Hall–Kier alpha value is -8.20. The summed E-state index contributed by atoms with van der Waals surface area (Å²) in [6, 6.07) is 85.4. The van der Waals surface area contributed by atoms with Gasteiger partial charge in [-0.1, -0.05) is 188 Å². The molecule has 2 heteroatoms. The molecule has 0 fully saturated rings. The Morgan fingerprint density at radius 1 is 0.274 bits per heavy atom. The first-order valence-corrected chi connectivity index (χ1v) is 21.2. The van der Waals surface area contributed by atoms with Gasteiger partial charge in [0.15, 0.2) is 5.58 Å². The van der Waals surface area contributed by atoms with E-state index in [1.165, 1.54) is 65.7 Å². The first-order chi connectivity index (χ1) is 30.7. The lowest BCUT2D eigenvalue weighted by atomic mass is 9.84. The zero-order valence-corrected chi connectivity index (χ0v) is 33.9. The van der Waals surface area contributed by atoms with Crippen LogP contribution >= 0.6 is 0 Å². The molecule has 0 radical (unpaired) electrons. The van der Waals surface area contributed by atoms with Crippen LogP contribution in [0.2, 0.25) is 0 Å². The average molecular weight is 790 g/mol. The van der Waals surface area contributed by atoms with E-state index in [1.807, 2.05) is 6.07 Å². The maximum absolute atomic E-state index is 6.68. The fourth-order valence-corrected chi connectivity index (χ4v) is 9.51. The Balaban J connectivity index is 1.03. The molecule has 0 saturated carbocycles. The van der Waals surface area contributed by atoms with Gasteiger partial charge in [0.25, 0.3) is 0 Å². The van der Waals surface area contributed by atoms with Gasteiger partial charge in [-0.15, -0.1) is 0 Å². The third-order valence-corrected chi connectivity index (χ3v) is 12.4. The molecule has 0 aliphatic rings. The molecule has 0 amide bonds. The number of fused-ring (bicyclic) bond motifs is 7. The lowest BCUT2D eigenvalue weighted by molar-refractivity contribution is 0.669. The highest BCUT2D eigenvalue weighted by molar-refractivity contribution is 6.22. The van der Waals surface area contributed by atoms with Gasteiger partial charge in [-0.3, -0.25) is 0 Å². The average Bonchev–Trinajstić information content (AvgIpc) is 3.74. The fraction of sp³-hybridized carbons (Fsp3) is 0. The number of hydrogen-bond acceptors (Lipinski definition) is 2. The predicted octanol–water partition coefficient (Wildman–Crippen LogP) is 17.2. The Kier molecular flexibility index (Phi) is 8.53. The van der Waals surface area contributed by atoms with Gasteiger partial charge in [-0.2, -0.15) is 0 Å². The summed E-state index contributed by atoms with van der Waals surface area (Å²) in [5.41, 5.74) is 14.4. The minimum absolute atomic E-state index is 0.860. The van der Waals surface area contributed by atoms with Crippen molar-refractivity contribution >= 4 is 71.3 Å². The van der Waals surface area contributed by atoms with Crippen LogP contribution in [0.25, 0.3) is 98.8 Å². The summed E-state index contributed by atoms with van der Waals surface area (Å²) < 4.78 is 6.68. The smallest absolute Gasteiger partial charge is 0.159 e. The van der Waals surface area contributed by atoms with Crippen molar-refractivity contribution in [3.8, 4) is 44.5 Å². The molecular weight excluding hydrogens is 751 g/mol. The number of furan rings is 1. The third-order valence-electron chi connectivity index (χ3n) is 12.4. The van der Waals surface area contributed by atoms with E-state index in [0.717, 1.165) is 50.1 Å². The van der Waals surface area contributed by atoms with E-state index >= 15 is 0 Å². The highest BCUT2D eigenvalue weighted by Crippen LogP contribution is 2.47. The van der Waals surface area contributed by atoms with Crippen LogP contribution in [0.3, 0.4) is 0 Å². The van der Waals surface area contributed by atoms with Crippen LogP contribution in [-0.4, -0.2) is 0 Å². The molecule has 290 valence electrons. The molecule has 0 atom stereocenters. The van der Waals surface area contributed by atoms with Crippen molar-refractivity contribution in [2.24, 2.45) is 0 Å². The summed E-state index contributed by atoms with van der Waals surface area (Å²) in [6.45, 7) is 0. The molecule has 0 N–H and O–H groups in total. The van der Waals surface area contributed by atoms with Crippen molar-refractivity contribution in [3.05, 3.63) is 237 Å². The molecule has 2 nitrogen and oxygen atoms in total. The Bertz CT molecular complexity index is 3620. The summed E-state index contributed by atoms with van der Waals surface area (Å²) in [7, 11) is 0. The molecule has 0 spiro atoms. The number of nitrogens with zero attached hydrogens (tertiary/aromatic N) is 1. The second kappa shape index (κ2) is 14.8. The molecule has 0 saturated heterocycles. The van der Waals surface area contributed by atoms with E-state index in [1.54, 1.807) is 0 Å². The van der Waals surface area contributed by atoms with E-state index in [9.17, 15) is 0 Å². The maximum Gasteiger partial charge on any atom is 0.159 e. The van der Waals surface area contributed by atoms with Crippen LogP contribution in [0.15, 0.2) is 241 Å². The zero-order valence-electron chi connectivity index (χ0n) is 33.9. The van der Waals surface area contributed by atoms with E-state index in [0.29, 0.717) is 0 Å². The molecule has 0 bridgehead atoms. The van der Waals surface area contributed by atoms with Gasteiger partial charge in [0.1, 0.15) is 5.58 Å². The van der Waals surface area contributed by atoms with Crippen molar-refractivity contribution in [1.82, 2.24) is 0 Å². The minimum Gasteiger partial charge on any atom is -0.454 e. The minimum atomic E-state index is 0.860. The molecule has 0 aliphatic carbocycles. The second-order valence-corrected chi connectivity index (χ2v) is 16.0. The first-order valence-electron chi connectivity index (χ1n) is 21.2. The summed E-state index contributed by atoms with van der Waals surface area (Å²) >= 11 is 0. The maximum atomic E-state index is 6.68. The van der Waals surface area contributed by atoms with Gasteiger partial charge in [0.05, 0.1) is 5.69 Å². The van der Waals surface area contributed by atoms with Crippen LogP contribution in [0.4, 0.5) is 17.1 Å². The van der Waals surface area contributed by atoms with Crippen molar-refractivity contribution in [1.29, 1.82) is 0 Å². The van der Waals surface area contributed by atoms with Crippen molar-refractivity contribution in [3.63, 3.8) is 0 Å². The van der Waals surface area contributed by atoms with Crippen LogP contribution in [0.5, 0.6) is 0 Å². The van der Waals surface area contributed by atoms with Gasteiger partial charge < -0.3 is 9.32 Å². The number of anilines is 3. The number of hydrogen-bond donors (Lipinski definition) is 0. The monoisotopic (exact) mass is 789 g/mol. The van der Waals surface area contributed by atoms with Gasteiger partial charge in [0, 0.05) is 22.1 Å². The Morgan fingerprint density at radius 3 is 1.61 bits per heavy atom. The number of para-hydroxylation sites is 2. The zero-order chi connectivity index (χ0) is 41.0. The standard InChI is InChI=1S/C60H39NO/c1-3-16-42(17-4-1)58-53-25-10-9-23-50(53)51-36-33-47(39-55(51)59(58)43-18-5-2-6-19-43)41-31-34-48(35-32-41)61(56-27-14-26-54-52-24-11-12-28-57(52)62-60(54)56)49-22-13-21-45(38-49)46-30-29-40-15-7-8-20-44(40)37-46/h1-39H. The van der Waals surface area contributed by atoms with E-state index in [2.05, 4.69) is 235 Å². The van der Waals surface area contributed by atoms with Gasteiger partial charge >= 0.3 is 0 Å². The van der Waals surface area contributed by atoms with Crippen molar-refractivity contribution < 1.29 is 4.42 Å². The van der Waals surface area contributed by atoms with E-state index in [-0.39, 0.29) is 0 Å². The van der Waals surface area contributed by atoms with Crippen LogP contribution in [-0.2, 0) is 0 Å². The van der Waals surface area contributed by atoms with Crippen LogP contribution in [0, 0.1) is 0 Å². The lowest BCUT2D eigenvalue weighted by Gasteiger charge is -2.26. The predicted molar refractivity (Wildman–Crippen MR) is 263 cm³/mol. The molecule has 1 aromatic heterocycles. The molecule has 11 aromatic carbocycles. The highest BCUT2D eigenvalue weighted by Gasteiger charge is 2.21. The molecule has 1 heterocycles. The summed E-state index contributed by atoms with van der Waals surface area (Å²) in [6.07, 6.45) is 0. The lowest BCUT2D eigenvalue weighted by Crippen LogP contribution is -2.10. The van der Waals surface area contributed by atoms with Crippen LogP contribution in [0.1, 0.15) is 0 Å². The SMILES string of the molecule is c1ccc(-c2c(-c3ccccc3)c3cc(-c4ccc(N(c5cccc(-c6ccc7ccccc7c6)c5)c5cccc6c5oc5ccccc56)cc4)ccc3c3ccccc23)cc1. The van der Waals surface area contributed by atoms with Crippen LogP contribution < -0.4 is 4.90 Å². The molecule has 0 aliphatic heterocycles. The Morgan fingerprint density at radius 2 is 0.823 bits per heavy atom. The molecule has 62 heavy (non-hydrogen) atoms. The molecule has 12 rings (SSSR count). The molecular formula is C60H39NO. The normalized spacial score (nSPS) is 11.5. The van der Waals surface area contributed by atoms with Crippen molar-refractivity contribution in [2.45, 2.75) is 0 Å². The Labute approximate surface area is 360 Å². The molecule has 0 unspecified atom stereocenters. The summed E-state index contributed by atoms with van der Waals surface area (Å²) in [4.78, 5) is 2.34. The van der Waals surface area contributed by atoms with Gasteiger partial charge in [0.2, 0.25) is 0 Å².